The smallest absolute Gasteiger partial charge is 0.275 e. The average molecular weight is 373 g/mol. The van der Waals surface area contributed by atoms with E-state index >= 15 is 0 Å². The molecule has 1 aromatic heterocycles. The quantitative estimate of drug-likeness (QED) is 0.839. The molecule has 2 heterocycles. The first-order valence-electron chi connectivity index (χ1n) is 9.16. The Morgan fingerprint density at radius 3 is 2.73 bits per heavy atom. The van der Waals surface area contributed by atoms with Gasteiger partial charge < -0.3 is 10.2 Å². The van der Waals surface area contributed by atoms with Crippen LogP contribution in [-0.4, -0.2) is 28.5 Å². The van der Waals surface area contributed by atoms with Gasteiger partial charge in [-0.2, -0.15) is 0 Å². The van der Waals surface area contributed by atoms with Crippen LogP contribution in [0.25, 0.3) is 0 Å². The van der Waals surface area contributed by atoms with Crippen LogP contribution in [0.1, 0.15) is 54.2 Å². The number of hydrogen-bond acceptors (Lipinski definition) is 4. The van der Waals surface area contributed by atoms with Crippen LogP contribution in [0, 0.1) is 13.8 Å². The third kappa shape index (κ3) is 3.98. The molecule has 0 aliphatic carbocycles. The summed E-state index contributed by atoms with van der Waals surface area (Å²) in [4.78, 5) is 23.7. The van der Waals surface area contributed by atoms with Crippen LogP contribution in [0.5, 0.6) is 0 Å². The summed E-state index contributed by atoms with van der Waals surface area (Å²) in [5.41, 5.74) is 2.89. The normalized spacial score (nSPS) is 17.2. The molecular weight excluding hydrogens is 348 g/mol. The van der Waals surface area contributed by atoms with Gasteiger partial charge in [0.1, 0.15) is 11.5 Å². The van der Waals surface area contributed by atoms with Crippen molar-refractivity contribution in [3.63, 3.8) is 0 Å². The monoisotopic (exact) mass is 372 g/mol. The minimum atomic E-state index is -0.302. The molecule has 26 heavy (non-hydrogen) atoms. The van der Waals surface area contributed by atoms with Crippen LogP contribution in [-0.2, 0) is 0 Å². The van der Waals surface area contributed by atoms with Gasteiger partial charge in [0.2, 0.25) is 0 Å². The van der Waals surface area contributed by atoms with E-state index in [-0.39, 0.29) is 11.6 Å². The van der Waals surface area contributed by atoms with E-state index in [9.17, 15) is 4.79 Å². The Kier molecular flexibility index (Phi) is 5.77. The number of carbonyl (C=O) groups excluding carboxylic acids is 1. The molecule has 1 unspecified atom stereocenters. The maximum absolute atomic E-state index is 12.5. The van der Waals surface area contributed by atoms with Crippen molar-refractivity contribution in [2.45, 2.75) is 52.5 Å². The van der Waals surface area contributed by atoms with Gasteiger partial charge in [0.25, 0.3) is 5.91 Å². The van der Waals surface area contributed by atoms with E-state index in [0.29, 0.717) is 16.8 Å². The fourth-order valence-electron chi connectivity index (χ4n) is 3.57. The number of halogens is 1. The second-order valence-corrected chi connectivity index (χ2v) is 7.31. The topological polar surface area (TPSA) is 58.1 Å². The number of benzene rings is 1. The second-order valence-electron chi connectivity index (χ2n) is 6.90. The average Bonchev–Trinajstić information content (AvgIpc) is 2.64. The summed E-state index contributed by atoms with van der Waals surface area (Å²) in [6, 6.07) is 4.32. The molecule has 1 aliphatic heterocycles. The number of anilines is 2. The number of aromatic nitrogens is 2. The molecule has 1 saturated heterocycles. The molecule has 2 aromatic rings. The SMILES string of the molecule is CCC1CCCCN1c1cnc(C(=O)Nc2c(C)cc(C)cc2Cl)cn1. The van der Waals surface area contributed by atoms with Crippen molar-refractivity contribution in [3.05, 3.63) is 46.4 Å². The van der Waals surface area contributed by atoms with E-state index in [1.807, 2.05) is 26.0 Å². The molecule has 0 saturated carbocycles. The van der Waals surface area contributed by atoms with Gasteiger partial charge in [0, 0.05) is 12.6 Å². The van der Waals surface area contributed by atoms with Crippen molar-refractivity contribution < 1.29 is 4.79 Å². The number of rotatable bonds is 4. The van der Waals surface area contributed by atoms with Gasteiger partial charge in [-0.25, -0.2) is 9.97 Å². The molecule has 0 bridgehead atoms. The lowest BCUT2D eigenvalue weighted by molar-refractivity contribution is 0.102. The molecule has 1 aromatic carbocycles. The Labute approximate surface area is 159 Å². The largest absolute Gasteiger partial charge is 0.352 e. The standard InChI is InChI=1S/C20H25ClN4O/c1-4-15-7-5-6-8-25(15)18-12-22-17(11-23-18)20(26)24-19-14(3)9-13(2)10-16(19)21/h9-12,15H,4-8H2,1-3H3,(H,24,26). The maximum Gasteiger partial charge on any atom is 0.275 e. The van der Waals surface area contributed by atoms with Crippen LogP contribution in [0.15, 0.2) is 24.5 Å². The van der Waals surface area contributed by atoms with Crippen LogP contribution >= 0.6 is 11.6 Å². The van der Waals surface area contributed by atoms with Crippen molar-refractivity contribution in [1.29, 1.82) is 0 Å². The van der Waals surface area contributed by atoms with Crippen LogP contribution < -0.4 is 10.2 Å². The summed E-state index contributed by atoms with van der Waals surface area (Å²) in [5, 5.41) is 3.38. The summed E-state index contributed by atoms with van der Waals surface area (Å²) in [7, 11) is 0. The Bertz CT molecular complexity index is 768. The minimum Gasteiger partial charge on any atom is -0.352 e. The Hall–Kier alpha value is -2.14. The molecule has 5 nitrogen and oxygen atoms in total. The van der Waals surface area contributed by atoms with Gasteiger partial charge >= 0.3 is 0 Å². The zero-order chi connectivity index (χ0) is 18.7. The third-order valence-corrected chi connectivity index (χ3v) is 5.23. The fraction of sp³-hybridized carbons (Fsp3) is 0.450. The number of hydrogen-bond donors (Lipinski definition) is 1. The van der Waals surface area contributed by atoms with E-state index in [1.54, 1.807) is 12.4 Å². The number of piperidine rings is 1. The summed E-state index contributed by atoms with van der Waals surface area (Å²) in [6.07, 6.45) is 7.96. The molecule has 3 rings (SSSR count). The zero-order valence-corrected chi connectivity index (χ0v) is 16.3. The van der Waals surface area contributed by atoms with E-state index in [2.05, 4.69) is 27.1 Å². The summed E-state index contributed by atoms with van der Waals surface area (Å²) >= 11 is 6.27. The van der Waals surface area contributed by atoms with E-state index in [1.165, 1.54) is 19.3 Å². The highest BCUT2D eigenvalue weighted by molar-refractivity contribution is 6.34. The van der Waals surface area contributed by atoms with Crippen molar-refractivity contribution in [2.75, 3.05) is 16.8 Å². The molecular formula is C20H25ClN4O. The summed E-state index contributed by atoms with van der Waals surface area (Å²) in [5.74, 6) is 0.543. The lowest BCUT2D eigenvalue weighted by atomic mass is 10.0. The zero-order valence-electron chi connectivity index (χ0n) is 15.6. The van der Waals surface area contributed by atoms with Gasteiger partial charge in [0.15, 0.2) is 0 Å². The first kappa shape index (κ1) is 18.6. The third-order valence-electron chi connectivity index (χ3n) is 4.93. The summed E-state index contributed by atoms with van der Waals surface area (Å²) < 4.78 is 0. The number of amides is 1. The molecule has 1 atom stereocenters. The van der Waals surface area contributed by atoms with Gasteiger partial charge in [-0.3, -0.25) is 4.79 Å². The lowest BCUT2D eigenvalue weighted by Crippen LogP contribution is -2.39. The molecule has 0 radical (unpaired) electrons. The van der Waals surface area contributed by atoms with Crippen molar-refractivity contribution in [3.8, 4) is 0 Å². The van der Waals surface area contributed by atoms with E-state index in [0.717, 1.165) is 29.9 Å². The highest BCUT2D eigenvalue weighted by atomic mass is 35.5. The van der Waals surface area contributed by atoms with Gasteiger partial charge in [-0.05, 0) is 56.7 Å². The first-order valence-corrected chi connectivity index (χ1v) is 9.54. The lowest BCUT2D eigenvalue weighted by Gasteiger charge is -2.35. The molecule has 138 valence electrons. The summed E-state index contributed by atoms with van der Waals surface area (Å²) in [6.45, 7) is 7.09. The Balaban J connectivity index is 1.75. The van der Waals surface area contributed by atoms with Gasteiger partial charge in [0.05, 0.1) is 23.1 Å². The molecule has 1 amide bonds. The number of carbonyl (C=O) groups is 1. The van der Waals surface area contributed by atoms with Gasteiger partial charge in [-0.1, -0.05) is 24.6 Å². The maximum atomic E-state index is 12.5. The highest BCUT2D eigenvalue weighted by Gasteiger charge is 2.22. The molecule has 6 heteroatoms. The van der Waals surface area contributed by atoms with Crippen LogP contribution in [0.3, 0.4) is 0 Å². The van der Waals surface area contributed by atoms with E-state index < -0.39 is 0 Å². The van der Waals surface area contributed by atoms with Crippen molar-refractivity contribution >= 4 is 29.0 Å². The molecule has 1 aliphatic rings. The van der Waals surface area contributed by atoms with Gasteiger partial charge in [-0.15, -0.1) is 0 Å². The van der Waals surface area contributed by atoms with Crippen molar-refractivity contribution in [1.82, 2.24) is 9.97 Å². The number of nitrogens with zero attached hydrogens (tertiary/aromatic N) is 3. The predicted molar refractivity (Wildman–Crippen MR) is 106 cm³/mol. The molecule has 1 fully saturated rings. The second kappa shape index (κ2) is 8.04. The van der Waals surface area contributed by atoms with Crippen LogP contribution in [0.4, 0.5) is 11.5 Å². The van der Waals surface area contributed by atoms with Crippen molar-refractivity contribution in [2.24, 2.45) is 0 Å². The van der Waals surface area contributed by atoms with E-state index in [4.69, 9.17) is 11.6 Å². The number of nitrogens with one attached hydrogen (secondary N) is 1. The van der Waals surface area contributed by atoms with Crippen LogP contribution in [0.2, 0.25) is 5.02 Å². The molecule has 1 N–H and O–H groups in total. The fourth-order valence-corrected chi connectivity index (χ4v) is 3.93. The predicted octanol–water partition coefficient (Wildman–Crippen LogP) is 4.77. The number of aryl methyl sites for hydroxylation is 2. The first-order chi connectivity index (χ1) is 12.5. The molecule has 0 spiro atoms. The minimum absolute atomic E-state index is 0.287. The Morgan fingerprint density at radius 1 is 1.27 bits per heavy atom. The highest BCUT2D eigenvalue weighted by Crippen LogP contribution is 2.28. The Morgan fingerprint density at radius 2 is 2.08 bits per heavy atom.